The third-order valence-corrected chi connectivity index (χ3v) is 4.06. The number of hydrogen-bond acceptors (Lipinski definition) is 5. The number of methoxy groups -OCH3 is 1. The SMILES string of the molecule is COc1ccc(N2C(=O)C[C@@H](NNc3c(F)c(F)c(F)c(F)c3F)C2=O)cc1. The Balaban J connectivity index is 1.78. The Morgan fingerprint density at radius 3 is 2.00 bits per heavy atom. The summed E-state index contributed by atoms with van der Waals surface area (Å²) in [6, 6.07) is 4.65. The molecule has 2 aromatic carbocycles. The van der Waals surface area contributed by atoms with Crippen LogP contribution in [0.1, 0.15) is 6.42 Å². The Labute approximate surface area is 154 Å². The maximum Gasteiger partial charge on any atom is 0.253 e. The number of benzene rings is 2. The van der Waals surface area contributed by atoms with Crippen molar-refractivity contribution in [2.45, 2.75) is 12.5 Å². The molecule has 1 heterocycles. The van der Waals surface area contributed by atoms with Crippen molar-refractivity contribution >= 4 is 23.2 Å². The van der Waals surface area contributed by atoms with Gasteiger partial charge >= 0.3 is 0 Å². The smallest absolute Gasteiger partial charge is 0.253 e. The van der Waals surface area contributed by atoms with E-state index in [4.69, 9.17) is 4.74 Å². The third kappa shape index (κ3) is 3.24. The number of hydrazine groups is 1. The van der Waals surface area contributed by atoms with Gasteiger partial charge in [-0.15, -0.1) is 0 Å². The highest BCUT2D eigenvalue weighted by Crippen LogP contribution is 2.28. The summed E-state index contributed by atoms with van der Waals surface area (Å²) >= 11 is 0. The summed E-state index contributed by atoms with van der Waals surface area (Å²) in [7, 11) is 1.44. The van der Waals surface area contributed by atoms with Crippen LogP contribution in [0.4, 0.5) is 33.3 Å². The number of ether oxygens (including phenoxy) is 1. The molecule has 0 saturated carbocycles. The lowest BCUT2D eigenvalue weighted by Gasteiger charge is -2.17. The Morgan fingerprint density at radius 2 is 1.46 bits per heavy atom. The minimum absolute atomic E-state index is 0.233. The fourth-order valence-corrected chi connectivity index (χ4v) is 2.62. The first-order valence-electron chi connectivity index (χ1n) is 7.80. The van der Waals surface area contributed by atoms with E-state index in [1.807, 2.05) is 0 Å². The number of rotatable bonds is 5. The van der Waals surface area contributed by atoms with Gasteiger partial charge in [0.05, 0.1) is 19.2 Å². The molecular formula is C17H12F5N3O3. The Hall–Kier alpha value is -3.21. The second-order valence-corrected chi connectivity index (χ2v) is 5.74. The first kappa shape index (κ1) is 19.5. The average Bonchev–Trinajstić information content (AvgIpc) is 2.98. The van der Waals surface area contributed by atoms with Crippen LogP contribution in [-0.2, 0) is 9.59 Å². The van der Waals surface area contributed by atoms with E-state index in [0.717, 1.165) is 4.90 Å². The molecule has 0 bridgehead atoms. The molecule has 0 aromatic heterocycles. The maximum absolute atomic E-state index is 13.7. The summed E-state index contributed by atoms with van der Waals surface area (Å²) in [6.07, 6.45) is -0.396. The molecule has 1 saturated heterocycles. The molecule has 2 N–H and O–H groups in total. The molecule has 0 spiro atoms. The van der Waals surface area contributed by atoms with Crippen molar-refractivity contribution < 1.29 is 36.3 Å². The van der Waals surface area contributed by atoms with Gasteiger partial charge in [0.2, 0.25) is 11.7 Å². The minimum Gasteiger partial charge on any atom is -0.497 e. The normalized spacial score (nSPS) is 16.6. The molecule has 6 nitrogen and oxygen atoms in total. The number of nitrogens with one attached hydrogen (secondary N) is 2. The highest BCUT2D eigenvalue weighted by molar-refractivity contribution is 6.22. The molecule has 0 radical (unpaired) electrons. The second kappa shape index (κ2) is 7.43. The Kier molecular flexibility index (Phi) is 5.18. The highest BCUT2D eigenvalue weighted by atomic mass is 19.2. The summed E-state index contributed by atoms with van der Waals surface area (Å²) in [5.41, 5.74) is 2.81. The standard InChI is InChI=1S/C17H12F5N3O3/c1-28-8-4-2-7(3-5-8)25-10(26)6-9(17(25)27)23-24-16-14(21)12(19)11(18)13(20)15(16)22/h2-5,9,23-24H,6H2,1H3/t9-/m1/s1. The van der Waals surface area contributed by atoms with Crippen molar-refractivity contribution in [3.8, 4) is 5.75 Å². The van der Waals surface area contributed by atoms with Gasteiger partial charge in [-0.05, 0) is 24.3 Å². The van der Waals surface area contributed by atoms with Crippen LogP contribution in [-0.4, -0.2) is 25.0 Å². The van der Waals surface area contributed by atoms with Crippen LogP contribution in [0.3, 0.4) is 0 Å². The van der Waals surface area contributed by atoms with Crippen molar-refractivity contribution in [3.63, 3.8) is 0 Å². The van der Waals surface area contributed by atoms with E-state index in [0.29, 0.717) is 5.75 Å². The van der Waals surface area contributed by atoms with Crippen LogP contribution in [0.15, 0.2) is 24.3 Å². The molecule has 0 unspecified atom stereocenters. The van der Waals surface area contributed by atoms with E-state index in [9.17, 15) is 31.5 Å². The molecule has 1 atom stereocenters. The van der Waals surface area contributed by atoms with E-state index in [1.54, 1.807) is 5.43 Å². The van der Waals surface area contributed by atoms with Gasteiger partial charge in [-0.3, -0.25) is 9.59 Å². The van der Waals surface area contributed by atoms with Crippen LogP contribution in [0.5, 0.6) is 5.75 Å². The van der Waals surface area contributed by atoms with Crippen molar-refractivity contribution in [3.05, 3.63) is 53.4 Å². The van der Waals surface area contributed by atoms with Gasteiger partial charge in [0, 0.05) is 0 Å². The van der Waals surface area contributed by atoms with Crippen LogP contribution in [0.2, 0.25) is 0 Å². The van der Waals surface area contributed by atoms with Crippen LogP contribution in [0.25, 0.3) is 0 Å². The van der Waals surface area contributed by atoms with E-state index in [2.05, 4.69) is 5.43 Å². The zero-order valence-corrected chi connectivity index (χ0v) is 14.2. The van der Waals surface area contributed by atoms with E-state index in [-0.39, 0.29) is 5.69 Å². The lowest BCUT2D eigenvalue weighted by atomic mass is 10.2. The van der Waals surface area contributed by atoms with Crippen LogP contribution < -0.4 is 20.5 Å². The van der Waals surface area contributed by atoms with Gasteiger partial charge in [-0.25, -0.2) is 32.3 Å². The van der Waals surface area contributed by atoms with Gasteiger partial charge in [-0.1, -0.05) is 0 Å². The Bertz CT molecular complexity index is 923. The summed E-state index contributed by atoms with van der Waals surface area (Å²) in [5.74, 6) is -11.7. The molecule has 1 aliphatic heterocycles. The van der Waals surface area contributed by atoms with Crippen molar-refractivity contribution in [1.29, 1.82) is 0 Å². The number of amides is 2. The summed E-state index contributed by atoms with van der Waals surface area (Å²) in [6.45, 7) is 0. The number of anilines is 2. The molecule has 0 aliphatic carbocycles. The monoisotopic (exact) mass is 401 g/mol. The number of carbonyl (C=O) groups is 2. The molecule has 2 aromatic rings. The summed E-state index contributed by atoms with van der Waals surface area (Å²) in [4.78, 5) is 25.4. The van der Waals surface area contributed by atoms with Crippen molar-refractivity contribution in [1.82, 2.24) is 5.43 Å². The lowest BCUT2D eigenvalue weighted by molar-refractivity contribution is -0.121. The molecule has 11 heteroatoms. The largest absolute Gasteiger partial charge is 0.497 e. The molecule has 28 heavy (non-hydrogen) atoms. The van der Waals surface area contributed by atoms with Crippen LogP contribution >= 0.6 is 0 Å². The predicted molar refractivity (Wildman–Crippen MR) is 86.9 cm³/mol. The molecular weight excluding hydrogens is 389 g/mol. The van der Waals surface area contributed by atoms with Gasteiger partial charge in [-0.2, -0.15) is 0 Å². The average molecular weight is 401 g/mol. The molecule has 1 fully saturated rings. The van der Waals surface area contributed by atoms with Crippen molar-refractivity contribution in [2.24, 2.45) is 0 Å². The summed E-state index contributed by atoms with van der Waals surface area (Å²) in [5, 5.41) is 0. The van der Waals surface area contributed by atoms with Gasteiger partial charge < -0.3 is 10.2 Å². The third-order valence-electron chi connectivity index (χ3n) is 4.06. The van der Waals surface area contributed by atoms with E-state index < -0.39 is 59.1 Å². The highest BCUT2D eigenvalue weighted by Gasteiger charge is 2.40. The maximum atomic E-state index is 13.7. The first-order chi connectivity index (χ1) is 13.3. The van der Waals surface area contributed by atoms with E-state index >= 15 is 0 Å². The first-order valence-corrected chi connectivity index (χ1v) is 7.80. The van der Waals surface area contributed by atoms with Gasteiger partial charge in [0.15, 0.2) is 23.3 Å². The lowest BCUT2D eigenvalue weighted by Crippen LogP contribution is -2.42. The molecule has 1 aliphatic rings. The second-order valence-electron chi connectivity index (χ2n) is 5.74. The van der Waals surface area contributed by atoms with Gasteiger partial charge in [0.25, 0.3) is 5.91 Å². The zero-order chi connectivity index (χ0) is 20.6. The zero-order valence-electron chi connectivity index (χ0n) is 14.2. The molecule has 2 amide bonds. The molecule has 148 valence electrons. The number of imide groups is 1. The fourth-order valence-electron chi connectivity index (χ4n) is 2.62. The quantitative estimate of drug-likeness (QED) is 0.265. The summed E-state index contributed by atoms with van der Waals surface area (Å²) < 4.78 is 71.8. The van der Waals surface area contributed by atoms with Crippen molar-refractivity contribution in [2.75, 3.05) is 17.4 Å². The predicted octanol–water partition coefficient (Wildman–Crippen LogP) is 2.64. The van der Waals surface area contributed by atoms with E-state index in [1.165, 1.54) is 31.4 Å². The topological polar surface area (TPSA) is 70.7 Å². The number of carbonyl (C=O) groups excluding carboxylic acids is 2. The Morgan fingerprint density at radius 1 is 0.929 bits per heavy atom. The number of halogens is 5. The number of hydrogen-bond donors (Lipinski definition) is 2. The number of nitrogens with zero attached hydrogens (tertiary/aromatic N) is 1. The van der Waals surface area contributed by atoms with Gasteiger partial charge in [0.1, 0.15) is 17.5 Å². The molecule has 3 rings (SSSR count). The minimum atomic E-state index is -2.31. The van der Waals surface area contributed by atoms with Crippen LogP contribution in [0, 0.1) is 29.1 Å². The fraction of sp³-hybridized carbons (Fsp3) is 0.176.